The van der Waals surface area contributed by atoms with Crippen molar-refractivity contribution < 1.29 is 25.6 Å². The molecule has 0 aromatic heterocycles. The fourth-order valence-corrected chi connectivity index (χ4v) is 2.62. The summed E-state index contributed by atoms with van der Waals surface area (Å²) in [4.78, 5) is 0. The molecule has 0 aromatic carbocycles. The van der Waals surface area contributed by atoms with Crippen molar-refractivity contribution in [2.75, 3.05) is 31.2 Å². The van der Waals surface area contributed by atoms with Crippen LogP contribution in [0, 0.1) is 0 Å². The van der Waals surface area contributed by atoms with Crippen LogP contribution >= 0.6 is 0 Å². The zero-order chi connectivity index (χ0) is 14.1. The number of sulfone groups is 1. The standard InChI is InChI=1S/C9H21NO6S2/c1-2-3-4-5-10-6-8-17(11,12)9-7-16-18(13,14)15/h10H,2-9H2,1H3,(H,13,14,15). The topological polar surface area (TPSA) is 110 Å². The van der Waals surface area contributed by atoms with Gasteiger partial charge in [0.1, 0.15) is 0 Å². The van der Waals surface area contributed by atoms with Crippen LogP contribution < -0.4 is 5.32 Å². The molecular weight excluding hydrogens is 282 g/mol. The van der Waals surface area contributed by atoms with Crippen LogP contribution in [0.3, 0.4) is 0 Å². The van der Waals surface area contributed by atoms with Crippen LogP contribution in [-0.2, 0) is 24.4 Å². The number of nitrogens with one attached hydrogen (secondary N) is 1. The quantitative estimate of drug-likeness (QED) is 0.408. The van der Waals surface area contributed by atoms with Gasteiger partial charge in [-0.1, -0.05) is 19.8 Å². The summed E-state index contributed by atoms with van der Waals surface area (Å²) in [7, 11) is -7.92. The molecule has 0 aliphatic rings. The van der Waals surface area contributed by atoms with Gasteiger partial charge in [0.25, 0.3) is 0 Å². The maximum absolute atomic E-state index is 11.4. The van der Waals surface area contributed by atoms with Gasteiger partial charge in [0.05, 0.1) is 18.1 Å². The van der Waals surface area contributed by atoms with Gasteiger partial charge in [-0.25, -0.2) is 12.6 Å². The fraction of sp³-hybridized carbons (Fsp3) is 1.00. The van der Waals surface area contributed by atoms with Gasteiger partial charge < -0.3 is 5.32 Å². The first kappa shape index (κ1) is 17.8. The Morgan fingerprint density at radius 1 is 1.06 bits per heavy atom. The van der Waals surface area contributed by atoms with Crippen molar-refractivity contribution in [2.45, 2.75) is 26.2 Å². The lowest BCUT2D eigenvalue weighted by atomic mass is 10.2. The highest BCUT2D eigenvalue weighted by atomic mass is 32.3. The lowest BCUT2D eigenvalue weighted by molar-refractivity contribution is 0.284. The smallest absolute Gasteiger partial charge is 0.316 e. The Morgan fingerprint density at radius 2 is 1.72 bits per heavy atom. The molecule has 0 aliphatic heterocycles. The van der Waals surface area contributed by atoms with E-state index in [0.717, 1.165) is 25.8 Å². The van der Waals surface area contributed by atoms with Gasteiger partial charge in [0, 0.05) is 6.54 Å². The minimum absolute atomic E-state index is 0.0754. The zero-order valence-corrected chi connectivity index (χ0v) is 12.1. The molecule has 0 heterocycles. The third kappa shape index (κ3) is 12.2. The number of rotatable bonds is 11. The maximum Gasteiger partial charge on any atom is 0.397 e. The Balaban J connectivity index is 3.68. The molecule has 0 aromatic rings. The molecule has 0 spiro atoms. The molecule has 0 rings (SSSR count). The van der Waals surface area contributed by atoms with Crippen molar-refractivity contribution in [3.8, 4) is 0 Å². The Labute approximate surface area is 109 Å². The Morgan fingerprint density at radius 3 is 2.28 bits per heavy atom. The van der Waals surface area contributed by atoms with Crippen molar-refractivity contribution in [3.63, 3.8) is 0 Å². The highest BCUT2D eigenvalue weighted by Crippen LogP contribution is 1.94. The van der Waals surface area contributed by atoms with Crippen LogP contribution in [0.2, 0.25) is 0 Å². The molecule has 9 heteroatoms. The summed E-state index contributed by atoms with van der Waals surface area (Å²) in [5, 5.41) is 3.00. The molecule has 0 bridgehead atoms. The molecule has 0 radical (unpaired) electrons. The number of unbranched alkanes of at least 4 members (excludes halogenated alkanes) is 2. The van der Waals surface area contributed by atoms with Crippen molar-refractivity contribution in [2.24, 2.45) is 0 Å². The van der Waals surface area contributed by atoms with Crippen molar-refractivity contribution in [1.29, 1.82) is 0 Å². The van der Waals surface area contributed by atoms with Crippen LogP contribution in [0.15, 0.2) is 0 Å². The number of hydrogen-bond acceptors (Lipinski definition) is 6. The Bertz CT molecular complexity index is 403. The average Bonchev–Trinajstić information content (AvgIpc) is 2.21. The van der Waals surface area contributed by atoms with Crippen molar-refractivity contribution >= 4 is 20.2 Å². The van der Waals surface area contributed by atoms with Crippen LogP contribution in [0.5, 0.6) is 0 Å². The fourth-order valence-electron chi connectivity index (χ4n) is 1.22. The predicted molar refractivity (Wildman–Crippen MR) is 68.5 cm³/mol. The van der Waals surface area contributed by atoms with Crippen LogP contribution in [0.1, 0.15) is 26.2 Å². The normalized spacial score (nSPS) is 12.8. The first-order valence-electron chi connectivity index (χ1n) is 5.80. The molecule has 0 saturated heterocycles. The van der Waals surface area contributed by atoms with E-state index >= 15 is 0 Å². The lowest BCUT2D eigenvalue weighted by Crippen LogP contribution is -2.26. The van der Waals surface area contributed by atoms with E-state index in [1.165, 1.54) is 0 Å². The summed E-state index contributed by atoms with van der Waals surface area (Å²) in [6.45, 7) is 2.62. The third-order valence-corrected chi connectivity index (χ3v) is 4.25. The SMILES string of the molecule is CCCCCNCCS(=O)(=O)CCOS(=O)(=O)O. The molecule has 0 amide bonds. The van der Waals surface area contributed by atoms with E-state index in [1.54, 1.807) is 0 Å². The van der Waals surface area contributed by atoms with Gasteiger partial charge in [-0.3, -0.25) is 4.55 Å². The highest BCUT2D eigenvalue weighted by molar-refractivity contribution is 7.91. The van der Waals surface area contributed by atoms with Gasteiger partial charge in [0.15, 0.2) is 9.84 Å². The molecule has 0 unspecified atom stereocenters. The molecule has 0 aliphatic carbocycles. The van der Waals surface area contributed by atoms with E-state index in [9.17, 15) is 16.8 Å². The second-order valence-corrected chi connectivity index (χ2v) is 7.25. The molecule has 0 atom stereocenters. The largest absolute Gasteiger partial charge is 0.397 e. The molecule has 7 nitrogen and oxygen atoms in total. The van der Waals surface area contributed by atoms with Crippen molar-refractivity contribution in [1.82, 2.24) is 5.32 Å². The summed E-state index contributed by atoms with van der Waals surface area (Å²) in [6, 6.07) is 0. The van der Waals surface area contributed by atoms with E-state index < -0.39 is 32.6 Å². The molecule has 0 fully saturated rings. The van der Waals surface area contributed by atoms with E-state index in [2.05, 4.69) is 16.4 Å². The maximum atomic E-state index is 11.4. The second kappa shape index (κ2) is 8.81. The molecule has 18 heavy (non-hydrogen) atoms. The van der Waals surface area contributed by atoms with Crippen LogP contribution in [0.4, 0.5) is 0 Å². The van der Waals surface area contributed by atoms with Gasteiger partial charge in [-0.2, -0.15) is 8.42 Å². The van der Waals surface area contributed by atoms with E-state index in [4.69, 9.17) is 4.55 Å². The van der Waals surface area contributed by atoms with Gasteiger partial charge >= 0.3 is 10.4 Å². The van der Waals surface area contributed by atoms with Crippen LogP contribution in [-0.4, -0.2) is 52.6 Å². The Hall–Kier alpha value is -0.220. The highest BCUT2D eigenvalue weighted by Gasteiger charge is 2.13. The molecule has 110 valence electrons. The molecule has 0 saturated carbocycles. The van der Waals surface area contributed by atoms with E-state index in [-0.39, 0.29) is 5.75 Å². The summed E-state index contributed by atoms with van der Waals surface area (Å²) >= 11 is 0. The first-order valence-corrected chi connectivity index (χ1v) is 8.98. The first-order chi connectivity index (χ1) is 8.27. The number of hydrogen-bond donors (Lipinski definition) is 2. The summed E-state index contributed by atoms with van der Waals surface area (Å²) < 4.78 is 55.4. The van der Waals surface area contributed by atoms with Gasteiger partial charge in [-0.05, 0) is 13.0 Å². The molecular formula is C9H21NO6S2. The summed E-state index contributed by atoms with van der Waals surface area (Å²) in [5.74, 6) is -0.503. The summed E-state index contributed by atoms with van der Waals surface area (Å²) in [6.07, 6.45) is 3.21. The lowest BCUT2D eigenvalue weighted by Gasteiger charge is -2.05. The monoisotopic (exact) mass is 303 g/mol. The zero-order valence-electron chi connectivity index (χ0n) is 10.5. The second-order valence-electron chi connectivity index (χ2n) is 3.86. The predicted octanol–water partition coefficient (Wildman–Crippen LogP) is 0.000400. The van der Waals surface area contributed by atoms with E-state index in [1.807, 2.05) is 0 Å². The average molecular weight is 303 g/mol. The van der Waals surface area contributed by atoms with Gasteiger partial charge in [-0.15, -0.1) is 0 Å². The summed E-state index contributed by atoms with van der Waals surface area (Å²) in [5.41, 5.74) is 0. The minimum atomic E-state index is -4.56. The minimum Gasteiger partial charge on any atom is -0.316 e. The van der Waals surface area contributed by atoms with Gasteiger partial charge in [0.2, 0.25) is 0 Å². The van der Waals surface area contributed by atoms with Crippen LogP contribution in [0.25, 0.3) is 0 Å². The van der Waals surface area contributed by atoms with Crippen molar-refractivity contribution in [3.05, 3.63) is 0 Å². The molecule has 2 N–H and O–H groups in total. The van der Waals surface area contributed by atoms with E-state index in [0.29, 0.717) is 6.54 Å². The Kier molecular flexibility index (Phi) is 8.70. The third-order valence-electron chi connectivity index (χ3n) is 2.17.